The van der Waals surface area contributed by atoms with E-state index in [0.29, 0.717) is 32.6 Å². The number of anilines is 1. The van der Waals surface area contributed by atoms with E-state index >= 15 is 0 Å². The lowest BCUT2D eigenvalue weighted by Gasteiger charge is -2.05. The minimum atomic E-state index is -0.351. The number of hydrogen-bond donors (Lipinski definition) is 2. The predicted octanol–water partition coefficient (Wildman–Crippen LogP) is 3.79. The Kier molecular flexibility index (Phi) is 4.49. The van der Waals surface area contributed by atoms with E-state index in [-0.39, 0.29) is 17.5 Å². The highest BCUT2D eigenvalue weighted by Gasteiger charge is 2.09. The molecule has 5 nitrogen and oxygen atoms in total. The Balaban J connectivity index is 1.62. The number of carbonyl (C=O) groups excluding carboxylic acids is 1. The fourth-order valence-corrected chi connectivity index (χ4v) is 2.75. The second kappa shape index (κ2) is 6.55. The molecule has 2 aromatic heterocycles. The molecule has 3 rings (SSSR count). The normalized spacial score (nSPS) is 10.9. The van der Waals surface area contributed by atoms with Crippen LogP contribution >= 0.6 is 23.4 Å². The summed E-state index contributed by atoms with van der Waals surface area (Å²) in [4.78, 5) is 23.3. The van der Waals surface area contributed by atoms with E-state index in [1.54, 1.807) is 25.1 Å². The van der Waals surface area contributed by atoms with Gasteiger partial charge < -0.3 is 10.3 Å². The van der Waals surface area contributed by atoms with E-state index in [1.807, 2.05) is 0 Å². The van der Waals surface area contributed by atoms with E-state index in [2.05, 4.69) is 20.3 Å². The summed E-state index contributed by atoms with van der Waals surface area (Å²) in [6, 6.07) is 6.29. The van der Waals surface area contributed by atoms with Crippen molar-refractivity contribution < 1.29 is 9.18 Å². The van der Waals surface area contributed by atoms with Crippen molar-refractivity contribution in [3.63, 3.8) is 0 Å². The molecule has 1 aromatic carbocycles. The molecule has 0 unspecified atom stereocenters. The summed E-state index contributed by atoms with van der Waals surface area (Å²) in [5.74, 6) is -0.455. The minimum Gasteiger partial charge on any atom is -0.331 e. The number of aromatic nitrogens is 3. The predicted molar refractivity (Wildman–Crippen MR) is 89.4 cm³/mol. The number of nitrogens with one attached hydrogen (secondary N) is 2. The largest absolute Gasteiger partial charge is 0.331 e. The Morgan fingerprint density at radius 2 is 2.26 bits per heavy atom. The van der Waals surface area contributed by atoms with Crippen LogP contribution < -0.4 is 5.32 Å². The fraction of sp³-hybridized carbons (Fsp3) is 0.133. The number of nitrogens with zero attached hydrogens (tertiary/aromatic N) is 2. The van der Waals surface area contributed by atoms with E-state index < -0.39 is 0 Å². The van der Waals surface area contributed by atoms with Gasteiger partial charge in [0.1, 0.15) is 5.82 Å². The number of amides is 1. The lowest BCUT2D eigenvalue weighted by molar-refractivity contribution is -0.113. The topological polar surface area (TPSA) is 70.7 Å². The number of pyridine rings is 1. The summed E-state index contributed by atoms with van der Waals surface area (Å²) in [5, 5.41) is 3.73. The van der Waals surface area contributed by atoms with Crippen LogP contribution in [0, 0.1) is 12.7 Å². The number of hydrogen-bond acceptors (Lipinski definition) is 4. The van der Waals surface area contributed by atoms with Crippen LogP contribution in [0.25, 0.3) is 11.2 Å². The maximum Gasteiger partial charge on any atom is 0.234 e. The van der Waals surface area contributed by atoms with Gasteiger partial charge in [-0.1, -0.05) is 29.4 Å². The fourth-order valence-electron chi connectivity index (χ4n) is 1.92. The van der Waals surface area contributed by atoms with Crippen molar-refractivity contribution in [2.45, 2.75) is 12.1 Å². The number of aryl methyl sites for hydroxylation is 1. The molecule has 0 spiro atoms. The van der Waals surface area contributed by atoms with E-state index in [4.69, 9.17) is 11.6 Å². The summed E-state index contributed by atoms with van der Waals surface area (Å²) < 4.78 is 13.4. The van der Waals surface area contributed by atoms with Crippen LogP contribution in [-0.2, 0) is 4.79 Å². The SMILES string of the molecule is Cc1ccc(NC(=O)CSc2nc3ncc(Cl)cc3[nH]2)cc1F. The molecule has 2 N–H and O–H groups in total. The Hall–Kier alpha value is -2.12. The number of imidazole rings is 1. The number of fused-ring (bicyclic) bond motifs is 1. The van der Waals surface area contributed by atoms with Crippen molar-refractivity contribution in [3.8, 4) is 0 Å². The quantitative estimate of drug-likeness (QED) is 0.702. The van der Waals surface area contributed by atoms with Gasteiger partial charge in [-0.3, -0.25) is 4.79 Å². The zero-order chi connectivity index (χ0) is 16.4. The molecule has 23 heavy (non-hydrogen) atoms. The monoisotopic (exact) mass is 350 g/mol. The molecule has 0 aliphatic carbocycles. The number of rotatable bonds is 4. The number of aromatic amines is 1. The Morgan fingerprint density at radius 1 is 1.43 bits per heavy atom. The second-order valence-corrected chi connectivity index (χ2v) is 6.27. The van der Waals surface area contributed by atoms with Gasteiger partial charge in [-0.15, -0.1) is 0 Å². The summed E-state index contributed by atoms with van der Waals surface area (Å²) in [5.41, 5.74) is 2.21. The van der Waals surface area contributed by atoms with Crippen molar-refractivity contribution in [1.82, 2.24) is 15.0 Å². The highest BCUT2D eigenvalue weighted by Crippen LogP contribution is 2.21. The highest BCUT2D eigenvalue weighted by atomic mass is 35.5. The lowest BCUT2D eigenvalue weighted by Crippen LogP contribution is -2.14. The Bertz CT molecular complexity index is 883. The first-order chi connectivity index (χ1) is 11.0. The third-order valence-corrected chi connectivity index (χ3v) is 4.16. The third kappa shape index (κ3) is 3.80. The van der Waals surface area contributed by atoms with Crippen molar-refractivity contribution in [3.05, 3.63) is 46.9 Å². The maximum absolute atomic E-state index is 13.4. The van der Waals surface area contributed by atoms with Crippen LogP contribution in [0.15, 0.2) is 35.6 Å². The average molecular weight is 351 g/mol. The molecule has 0 saturated carbocycles. The second-order valence-electron chi connectivity index (χ2n) is 4.87. The minimum absolute atomic E-state index is 0.142. The number of thioether (sulfide) groups is 1. The van der Waals surface area contributed by atoms with Crippen molar-refractivity contribution in [2.24, 2.45) is 0 Å². The molecule has 3 aromatic rings. The summed E-state index contributed by atoms with van der Waals surface area (Å²) in [6.45, 7) is 1.67. The van der Waals surface area contributed by atoms with E-state index in [0.717, 1.165) is 0 Å². The first kappa shape index (κ1) is 15.8. The molecule has 0 bridgehead atoms. The van der Waals surface area contributed by atoms with Gasteiger partial charge >= 0.3 is 0 Å². The molecule has 0 saturated heterocycles. The molecular weight excluding hydrogens is 339 g/mol. The Labute approximate surface area is 140 Å². The number of H-pyrrole nitrogens is 1. The smallest absolute Gasteiger partial charge is 0.234 e. The van der Waals surface area contributed by atoms with Crippen molar-refractivity contribution in [2.75, 3.05) is 11.1 Å². The van der Waals surface area contributed by atoms with Crippen LogP contribution in [0.5, 0.6) is 0 Å². The van der Waals surface area contributed by atoms with Gasteiger partial charge in [0.15, 0.2) is 10.8 Å². The maximum atomic E-state index is 13.4. The lowest BCUT2D eigenvalue weighted by atomic mass is 10.2. The molecule has 0 aliphatic heterocycles. The van der Waals surface area contributed by atoms with Crippen LogP contribution in [0.3, 0.4) is 0 Å². The van der Waals surface area contributed by atoms with Gasteiger partial charge in [-0.05, 0) is 30.7 Å². The highest BCUT2D eigenvalue weighted by molar-refractivity contribution is 7.99. The molecule has 0 fully saturated rings. The van der Waals surface area contributed by atoms with Crippen LogP contribution in [0.4, 0.5) is 10.1 Å². The Morgan fingerprint density at radius 3 is 3.04 bits per heavy atom. The summed E-state index contributed by atoms with van der Waals surface area (Å²) >= 11 is 7.09. The number of halogens is 2. The van der Waals surface area contributed by atoms with Gasteiger partial charge in [-0.2, -0.15) is 0 Å². The van der Waals surface area contributed by atoms with Gasteiger partial charge in [0.25, 0.3) is 0 Å². The standard InChI is InChI=1S/C15H12ClFN4OS/c1-8-2-3-10(5-11(8)17)19-13(22)7-23-15-20-12-4-9(16)6-18-14(12)21-15/h2-6H,7H2,1H3,(H,19,22)(H,18,20,21). The van der Waals surface area contributed by atoms with Gasteiger partial charge in [0.05, 0.1) is 16.3 Å². The molecule has 0 aliphatic rings. The first-order valence-corrected chi connectivity index (χ1v) is 8.08. The zero-order valence-corrected chi connectivity index (χ0v) is 13.6. The molecule has 8 heteroatoms. The van der Waals surface area contributed by atoms with Crippen molar-refractivity contribution in [1.29, 1.82) is 0 Å². The molecule has 0 radical (unpaired) electrons. The molecular formula is C15H12ClFN4OS. The summed E-state index contributed by atoms with van der Waals surface area (Å²) in [7, 11) is 0. The van der Waals surface area contributed by atoms with E-state index in [1.165, 1.54) is 24.0 Å². The van der Waals surface area contributed by atoms with Gasteiger partial charge in [0.2, 0.25) is 5.91 Å². The van der Waals surface area contributed by atoms with Crippen molar-refractivity contribution >= 4 is 46.1 Å². The van der Waals surface area contributed by atoms with Crippen LogP contribution in [0.2, 0.25) is 5.02 Å². The number of benzene rings is 1. The molecule has 2 heterocycles. The van der Waals surface area contributed by atoms with Crippen LogP contribution in [-0.4, -0.2) is 26.6 Å². The summed E-state index contributed by atoms with van der Waals surface area (Å²) in [6.07, 6.45) is 1.51. The van der Waals surface area contributed by atoms with Gasteiger partial charge in [-0.25, -0.2) is 14.4 Å². The first-order valence-electron chi connectivity index (χ1n) is 6.71. The molecule has 0 atom stereocenters. The van der Waals surface area contributed by atoms with E-state index in [9.17, 15) is 9.18 Å². The number of carbonyl (C=O) groups is 1. The third-order valence-electron chi connectivity index (χ3n) is 3.08. The molecule has 118 valence electrons. The zero-order valence-electron chi connectivity index (χ0n) is 12.1. The molecule has 1 amide bonds. The average Bonchev–Trinajstić information content (AvgIpc) is 2.91. The van der Waals surface area contributed by atoms with Crippen LogP contribution in [0.1, 0.15) is 5.56 Å². The van der Waals surface area contributed by atoms with Gasteiger partial charge in [0, 0.05) is 11.9 Å².